The van der Waals surface area contributed by atoms with Gasteiger partial charge in [0, 0.05) is 18.9 Å². The fourth-order valence-corrected chi connectivity index (χ4v) is 4.81. The molecule has 2 aromatic heterocycles. The first-order chi connectivity index (χ1) is 15.6. The van der Waals surface area contributed by atoms with Crippen LogP contribution in [0.2, 0.25) is 0 Å². The van der Waals surface area contributed by atoms with E-state index in [1.165, 1.54) is 0 Å². The molecule has 3 heterocycles. The van der Waals surface area contributed by atoms with Gasteiger partial charge in [0.25, 0.3) is 5.95 Å². The topological polar surface area (TPSA) is 83.7 Å². The van der Waals surface area contributed by atoms with Gasteiger partial charge in [-0.3, -0.25) is 0 Å². The average Bonchev–Trinajstić information content (AvgIpc) is 3.47. The molecule has 1 spiro atoms. The minimum atomic E-state index is -0.531. The second-order valence-corrected chi connectivity index (χ2v) is 8.37. The molecule has 3 aromatic rings. The van der Waals surface area contributed by atoms with Gasteiger partial charge in [-0.05, 0) is 26.3 Å². The van der Waals surface area contributed by atoms with Gasteiger partial charge in [0.15, 0.2) is 11.9 Å². The van der Waals surface area contributed by atoms with Crippen LogP contribution in [0, 0.1) is 19.3 Å². The Labute approximate surface area is 243 Å². The number of benzene rings is 1. The largest absolute Gasteiger partial charge is 1.00 e. The van der Waals surface area contributed by atoms with Gasteiger partial charge in [0.1, 0.15) is 5.52 Å². The second kappa shape index (κ2) is 10.8. The van der Waals surface area contributed by atoms with E-state index in [1.54, 1.807) is 6.21 Å². The molecule has 0 bridgehead atoms. The molecule has 5 rings (SSSR count). The summed E-state index contributed by atoms with van der Waals surface area (Å²) in [5.41, 5.74) is 2.99. The van der Waals surface area contributed by atoms with Crippen molar-refractivity contribution in [1.29, 1.82) is 0 Å². The Hall–Kier alpha value is -0.875. The van der Waals surface area contributed by atoms with Crippen molar-refractivity contribution in [2.24, 2.45) is 10.9 Å². The van der Waals surface area contributed by atoms with Crippen molar-refractivity contribution in [1.82, 2.24) is 19.5 Å². The number of aliphatic imine (C=N–C) groups is 1. The van der Waals surface area contributed by atoms with E-state index in [1.807, 2.05) is 45.3 Å². The van der Waals surface area contributed by atoms with Crippen molar-refractivity contribution >= 4 is 23.3 Å². The number of ether oxygens (including phenoxy) is 3. The molecule has 1 aliphatic heterocycles. The molecule has 168 valence electrons. The quantitative estimate of drug-likeness (QED) is 0.356. The molecule has 1 saturated heterocycles. The van der Waals surface area contributed by atoms with Crippen LogP contribution in [0.1, 0.15) is 37.6 Å². The predicted molar refractivity (Wildman–Crippen MR) is 121 cm³/mol. The summed E-state index contributed by atoms with van der Waals surface area (Å²) in [4.78, 5) is 18.0. The number of fused-ring (bicyclic) bond motifs is 1. The summed E-state index contributed by atoms with van der Waals surface area (Å²) >= 11 is 0. The number of hydrogen-bond donors (Lipinski definition) is 0. The molecule has 1 unspecified atom stereocenters. The number of rotatable bonds is 6. The fraction of sp³-hybridized carbons (Fsp3) is 0.458. The molecule has 0 radical (unpaired) electrons. The first-order valence-corrected chi connectivity index (χ1v) is 11.0. The van der Waals surface area contributed by atoms with Crippen LogP contribution in [0.15, 0.2) is 41.7 Å². The molecule has 1 aromatic carbocycles. The molecule has 1 aliphatic carbocycles. The van der Waals surface area contributed by atoms with Gasteiger partial charge in [-0.25, -0.2) is 15.0 Å². The van der Waals surface area contributed by atoms with Crippen molar-refractivity contribution in [2.75, 3.05) is 13.2 Å². The van der Waals surface area contributed by atoms with E-state index < -0.39 is 5.60 Å². The zero-order chi connectivity index (χ0) is 22.1. The summed E-state index contributed by atoms with van der Waals surface area (Å²) < 4.78 is 20.6. The molecular weight excluding hydrogens is 492 g/mol. The molecule has 9 heteroatoms. The number of hydrogen-bond acceptors (Lipinski definition) is 7. The van der Waals surface area contributed by atoms with E-state index in [-0.39, 0.29) is 76.4 Å². The van der Waals surface area contributed by atoms with Crippen LogP contribution in [0.3, 0.4) is 0 Å². The third-order valence-electron chi connectivity index (χ3n) is 6.34. The normalized spacial score (nSPS) is 27.1. The van der Waals surface area contributed by atoms with Crippen molar-refractivity contribution in [2.45, 2.75) is 51.7 Å². The molecule has 2 fully saturated rings. The Kier molecular flexibility index (Phi) is 8.26. The molecule has 8 nitrogen and oxygen atoms in total. The maximum absolute atomic E-state index is 6.46. The van der Waals surface area contributed by atoms with E-state index in [0.29, 0.717) is 25.8 Å². The van der Waals surface area contributed by atoms with Crippen LogP contribution < -0.4 is 58.2 Å². The number of aryl methyl sites for hydroxylation is 1. The van der Waals surface area contributed by atoms with Crippen LogP contribution in [0.4, 0.5) is 5.95 Å². The maximum atomic E-state index is 6.46. The molecule has 4 atom stereocenters. The van der Waals surface area contributed by atoms with E-state index in [0.717, 1.165) is 28.8 Å². The van der Waals surface area contributed by atoms with Gasteiger partial charge in [0.05, 0.1) is 30.8 Å². The monoisotopic (exact) mass is 519 g/mol. The van der Waals surface area contributed by atoms with Gasteiger partial charge < -0.3 is 25.2 Å². The van der Waals surface area contributed by atoms with E-state index >= 15 is 0 Å². The zero-order valence-electron chi connectivity index (χ0n) is 19.6. The van der Waals surface area contributed by atoms with Crippen molar-refractivity contribution in [3.63, 3.8) is 0 Å². The SMILES string of the molecule is C/C=N/c1nc(C)c2ncn([C@H]3C[CH-][C@@H](COCc4ccccc4)[C@@]34COC(C)O4)c2n1.[Rb+]. The third-order valence-corrected chi connectivity index (χ3v) is 6.34. The van der Waals surface area contributed by atoms with Crippen LogP contribution >= 0.6 is 0 Å². The Balaban J connectivity index is 0.00000259. The third kappa shape index (κ3) is 4.94. The maximum Gasteiger partial charge on any atom is 1.00 e. The minimum absolute atomic E-state index is 0. The van der Waals surface area contributed by atoms with Crippen LogP contribution in [0.25, 0.3) is 11.2 Å². The zero-order valence-corrected chi connectivity index (χ0v) is 24.6. The summed E-state index contributed by atoms with van der Waals surface area (Å²) in [6, 6.07) is 10.2. The summed E-state index contributed by atoms with van der Waals surface area (Å²) in [7, 11) is 0. The number of nitrogens with zero attached hydrogens (tertiary/aromatic N) is 5. The number of imidazole rings is 1. The van der Waals surface area contributed by atoms with Crippen molar-refractivity contribution in [3.8, 4) is 0 Å². The van der Waals surface area contributed by atoms with Crippen LogP contribution in [-0.4, -0.2) is 50.8 Å². The van der Waals surface area contributed by atoms with E-state index in [2.05, 4.69) is 43.1 Å². The molecule has 1 saturated carbocycles. The van der Waals surface area contributed by atoms with Gasteiger partial charge in [0.2, 0.25) is 0 Å². The van der Waals surface area contributed by atoms with Crippen molar-refractivity contribution in [3.05, 3.63) is 54.3 Å². The molecule has 2 aliphatic rings. The predicted octanol–water partition coefficient (Wildman–Crippen LogP) is 0.975. The molecule has 33 heavy (non-hydrogen) atoms. The first kappa shape index (κ1) is 25.2. The van der Waals surface area contributed by atoms with Gasteiger partial charge in [-0.15, -0.1) is 5.92 Å². The standard InChI is InChI=1S/C24H28N5O3.Rb/c1-4-25-23-27-16(2)21-22(28-23)29(15-26-21)20-11-10-19(24(20)14-31-17(3)32-24)13-30-12-18-8-6-5-7-9-18;/h4-10,15,17,19-20H,11-14H2,1-3H3;/q-1;+1/b25-4+;/t17?,19-,20-,24-;/m0./s1. The molecule has 0 amide bonds. The summed E-state index contributed by atoms with van der Waals surface area (Å²) in [5.74, 6) is 0.532. The van der Waals surface area contributed by atoms with E-state index in [4.69, 9.17) is 14.2 Å². The Bertz CT molecular complexity index is 1120. The summed E-state index contributed by atoms with van der Waals surface area (Å²) in [5, 5.41) is 0. The first-order valence-electron chi connectivity index (χ1n) is 11.0. The Morgan fingerprint density at radius 1 is 1.30 bits per heavy atom. The second-order valence-electron chi connectivity index (χ2n) is 8.37. The summed E-state index contributed by atoms with van der Waals surface area (Å²) in [6.45, 7) is 7.36. The fourth-order valence-electron chi connectivity index (χ4n) is 4.81. The Morgan fingerprint density at radius 2 is 2.12 bits per heavy atom. The number of aromatic nitrogens is 4. The molecular formula is C24H28N5O3Rb. The minimum Gasteiger partial charge on any atom is -0.379 e. The van der Waals surface area contributed by atoms with Gasteiger partial charge in [-0.1, -0.05) is 30.3 Å². The summed E-state index contributed by atoms with van der Waals surface area (Å²) in [6.07, 6.45) is 6.37. The van der Waals surface area contributed by atoms with Gasteiger partial charge >= 0.3 is 58.2 Å². The molecule has 0 N–H and O–H groups in total. The van der Waals surface area contributed by atoms with Crippen molar-refractivity contribution < 1.29 is 72.4 Å². The van der Waals surface area contributed by atoms with Crippen LogP contribution in [0.5, 0.6) is 0 Å². The smallest absolute Gasteiger partial charge is 0.379 e. The van der Waals surface area contributed by atoms with Crippen LogP contribution in [-0.2, 0) is 20.8 Å². The van der Waals surface area contributed by atoms with E-state index in [9.17, 15) is 0 Å². The van der Waals surface area contributed by atoms with Gasteiger partial charge in [-0.2, -0.15) is 11.4 Å². The Morgan fingerprint density at radius 3 is 2.85 bits per heavy atom. The average molecular weight is 520 g/mol.